The molecule has 0 aromatic carbocycles. The summed E-state index contributed by atoms with van der Waals surface area (Å²) in [6.07, 6.45) is 1.79. The topological polar surface area (TPSA) is 54.0 Å². The van der Waals surface area contributed by atoms with Gasteiger partial charge in [-0.2, -0.15) is 0 Å². The molecule has 0 unspecified atom stereocenters. The van der Waals surface area contributed by atoms with E-state index in [-0.39, 0.29) is 6.03 Å². The first-order chi connectivity index (χ1) is 7.67. The number of thiazole rings is 1. The largest absolute Gasteiger partial charge is 0.338 e. The minimum Gasteiger partial charge on any atom is -0.338 e. The van der Waals surface area contributed by atoms with E-state index < -0.39 is 0 Å². The fraction of sp³-hybridized carbons (Fsp3) is 0.636. The van der Waals surface area contributed by atoms with E-state index in [2.05, 4.69) is 29.5 Å². The van der Waals surface area contributed by atoms with Crippen LogP contribution in [0, 0.1) is 6.92 Å². The fourth-order valence-corrected chi connectivity index (χ4v) is 2.45. The third-order valence-corrected chi connectivity index (χ3v) is 3.31. The summed E-state index contributed by atoms with van der Waals surface area (Å²) in [5, 5.41) is 6.59. The maximum Gasteiger partial charge on any atom is 0.314 e. The quantitative estimate of drug-likeness (QED) is 0.827. The van der Waals surface area contributed by atoms with Crippen LogP contribution in [-0.2, 0) is 12.8 Å². The molecule has 4 nitrogen and oxygen atoms in total. The minimum absolute atomic E-state index is 0.105. The molecule has 0 atom stereocenters. The van der Waals surface area contributed by atoms with Gasteiger partial charge in [0, 0.05) is 24.4 Å². The van der Waals surface area contributed by atoms with Crippen LogP contribution in [0.4, 0.5) is 4.79 Å². The van der Waals surface area contributed by atoms with Crippen LogP contribution >= 0.6 is 11.3 Å². The number of urea groups is 1. The number of nitrogens with zero attached hydrogens (tertiary/aromatic N) is 1. The highest BCUT2D eigenvalue weighted by atomic mass is 32.1. The fourth-order valence-electron chi connectivity index (χ4n) is 1.43. The lowest BCUT2D eigenvalue weighted by Crippen LogP contribution is -2.36. The average Bonchev–Trinajstić information content (AvgIpc) is 2.59. The highest BCUT2D eigenvalue weighted by Gasteiger charge is 2.05. The Kier molecular flexibility index (Phi) is 5.25. The Bertz CT molecular complexity index is 349. The molecular weight excluding hydrogens is 222 g/mol. The first kappa shape index (κ1) is 13.0. The molecule has 0 fully saturated rings. The van der Waals surface area contributed by atoms with E-state index in [4.69, 9.17) is 0 Å². The molecule has 16 heavy (non-hydrogen) atoms. The number of carbonyl (C=O) groups is 1. The summed E-state index contributed by atoms with van der Waals surface area (Å²) in [5.41, 5.74) is 1.18. The molecule has 0 bridgehead atoms. The number of aryl methyl sites for hydroxylation is 2. The second-order valence-corrected chi connectivity index (χ2v) is 4.79. The summed E-state index contributed by atoms with van der Waals surface area (Å²) in [7, 11) is 0. The van der Waals surface area contributed by atoms with Crippen molar-refractivity contribution in [1.29, 1.82) is 0 Å². The number of hydrogen-bond acceptors (Lipinski definition) is 3. The maximum absolute atomic E-state index is 11.1. The Balaban J connectivity index is 2.34. The molecule has 1 aromatic heterocycles. The van der Waals surface area contributed by atoms with Crippen LogP contribution in [0.3, 0.4) is 0 Å². The third kappa shape index (κ3) is 3.81. The lowest BCUT2D eigenvalue weighted by Gasteiger charge is -2.03. The van der Waals surface area contributed by atoms with Gasteiger partial charge in [0.2, 0.25) is 0 Å². The molecule has 0 aliphatic rings. The summed E-state index contributed by atoms with van der Waals surface area (Å²) in [6.45, 7) is 7.40. The predicted molar refractivity (Wildman–Crippen MR) is 67.0 cm³/mol. The van der Waals surface area contributed by atoms with Gasteiger partial charge in [0.25, 0.3) is 0 Å². The lowest BCUT2D eigenvalue weighted by atomic mass is 10.3. The summed E-state index contributed by atoms with van der Waals surface area (Å²) < 4.78 is 0. The number of amides is 2. The Morgan fingerprint density at radius 2 is 2.12 bits per heavy atom. The van der Waals surface area contributed by atoms with Crippen molar-refractivity contribution < 1.29 is 4.79 Å². The van der Waals surface area contributed by atoms with E-state index >= 15 is 0 Å². The Morgan fingerprint density at radius 3 is 2.69 bits per heavy atom. The molecule has 90 valence electrons. The molecule has 1 heterocycles. The monoisotopic (exact) mass is 241 g/mol. The van der Waals surface area contributed by atoms with Gasteiger partial charge in [-0.3, -0.25) is 0 Å². The Morgan fingerprint density at radius 1 is 1.38 bits per heavy atom. The molecule has 1 aromatic rings. The number of carbonyl (C=O) groups excluding carboxylic acids is 1. The van der Waals surface area contributed by atoms with Gasteiger partial charge < -0.3 is 10.6 Å². The number of rotatable bonds is 5. The van der Waals surface area contributed by atoms with Gasteiger partial charge in [0.05, 0.1) is 10.7 Å². The maximum atomic E-state index is 11.1. The van der Waals surface area contributed by atoms with Gasteiger partial charge in [-0.15, -0.1) is 11.3 Å². The average molecular weight is 241 g/mol. The van der Waals surface area contributed by atoms with Crippen molar-refractivity contribution in [2.24, 2.45) is 0 Å². The molecule has 5 heteroatoms. The summed E-state index contributed by atoms with van der Waals surface area (Å²) in [5.74, 6) is 0. The standard InChI is InChI=1S/C11H19N3OS/c1-4-9-8(3)16-10(14-9)6-7-13-11(15)12-5-2/h4-7H2,1-3H3,(H2,12,13,15). The van der Waals surface area contributed by atoms with E-state index in [1.165, 1.54) is 10.6 Å². The van der Waals surface area contributed by atoms with Gasteiger partial charge in [-0.1, -0.05) is 6.92 Å². The zero-order valence-electron chi connectivity index (χ0n) is 10.1. The van der Waals surface area contributed by atoms with Crippen LogP contribution < -0.4 is 10.6 Å². The van der Waals surface area contributed by atoms with Crippen LogP contribution in [-0.4, -0.2) is 24.1 Å². The predicted octanol–water partition coefficient (Wildman–Crippen LogP) is 1.88. The second kappa shape index (κ2) is 6.48. The molecule has 0 saturated heterocycles. The van der Waals surface area contributed by atoms with E-state index in [0.29, 0.717) is 13.1 Å². The first-order valence-corrected chi connectivity index (χ1v) is 6.45. The van der Waals surface area contributed by atoms with Crippen LogP contribution in [0.2, 0.25) is 0 Å². The third-order valence-electron chi connectivity index (χ3n) is 2.23. The smallest absolute Gasteiger partial charge is 0.314 e. The van der Waals surface area contributed by atoms with Crippen molar-refractivity contribution >= 4 is 17.4 Å². The molecule has 1 rings (SSSR count). The molecule has 0 spiro atoms. The van der Waals surface area contributed by atoms with Crippen LogP contribution in [0.25, 0.3) is 0 Å². The van der Waals surface area contributed by atoms with Crippen LogP contribution in [0.15, 0.2) is 0 Å². The Labute approximate surface area is 100 Å². The Hall–Kier alpha value is -1.10. The van der Waals surface area contributed by atoms with Crippen molar-refractivity contribution in [3.05, 3.63) is 15.6 Å². The number of aromatic nitrogens is 1. The van der Waals surface area contributed by atoms with Crippen molar-refractivity contribution in [3.8, 4) is 0 Å². The summed E-state index contributed by atoms with van der Waals surface area (Å²) >= 11 is 1.72. The SMILES string of the molecule is CCNC(=O)NCCc1nc(CC)c(C)s1. The van der Waals surface area contributed by atoms with Crippen LogP contribution in [0.5, 0.6) is 0 Å². The molecule has 0 radical (unpaired) electrons. The molecule has 0 saturated carbocycles. The molecular formula is C11H19N3OS. The van der Waals surface area contributed by atoms with Crippen molar-refractivity contribution in [1.82, 2.24) is 15.6 Å². The van der Waals surface area contributed by atoms with E-state index in [1.54, 1.807) is 11.3 Å². The van der Waals surface area contributed by atoms with Gasteiger partial charge in [0.1, 0.15) is 0 Å². The normalized spacial score (nSPS) is 10.2. The highest BCUT2D eigenvalue weighted by Crippen LogP contribution is 2.17. The van der Waals surface area contributed by atoms with E-state index in [0.717, 1.165) is 17.8 Å². The summed E-state index contributed by atoms with van der Waals surface area (Å²) in [4.78, 5) is 16.9. The molecule has 2 amide bonds. The van der Waals surface area contributed by atoms with Crippen molar-refractivity contribution in [2.75, 3.05) is 13.1 Å². The second-order valence-electron chi connectivity index (χ2n) is 3.50. The van der Waals surface area contributed by atoms with Gasteiger partial charge >= 0.3 is 6.03 Å². The van der Waals surface area contributed by atoms with Crippen LogP contribution in [0.1, 0.15) is 29.4 Å². The summed E-state index contributed by atoms with van der Waals surface area (Å²) in [6, 6.07) is -0.105. The number of hydrogen-bond donors (Lipinski definition) is 2. The van der Waals surface area contributed by atoms with Crippen molar-refractivity contribution in [3.63, 3.8) is 0 Å². The minimum atomic E-state index is -0.105. The van der Waals surface area contributed by atoms with Gasteiger partial charge in [0.15, 0.2) is 0 Å². The van der Waals surface area contributed by atoms with Gasteiger partial charge in [-0.25, -0.2) is 9.78 Å². The highest BCUT2D eigenvalue weighted by molar-refractivity contribution is 7.11. The first-order valence-electron chi connectivity index (χ1n) is 5.64. The number of nitrogens with one attached hydrogen (secondary N) is 2. The zero-order valence-corrected chi connectivity index (χ0v) is 10.9. The zero-order chi connectivity index (χ0) is 12.0. The molecule has 0 aliphatic heterocycles. The van der Waals surface area contributed by atoms with E-state index in [1.807, 2.05) is 6.92 Å². The molecule has 0 aliphatic carbocycles. The van der Waals surface area contributed by atoms with Gasteiger partial charge in [-0.05, 0) is 20.3 Å². The lowest BCUT2D eigenvalue weighted by molar-refractivity contribution is 0.241. The van der Waals surface area contributed by atoms with Crippen molar-refractivity contribution in [2.45, 2.75) is 33.6 Å². The molecule has 2 N–H and O–H groups in total. The van der Waals surface area contributed by atoms with E-state index in [9.17, 15) is 4.79 Å².